The maximum Gasteiger partial charge on any atom is 0.407 e. The highest BCUT2D eigenvalue weighted by Crippen LogP contribution is 2.33. The highest BCUT2D eigenvalue weighted by atomic mass is 16.5. The van der Waals surface area contributed by atoms with Crippen molar-refractivity contribution < 1.29 is 23.9 Å². The number of alkyl carbamates (subject to hydrolysis) is 1. The molecule has 1 atom stereocenters. The van der Waals surface area contributed by atoms with Gasteiger partial charge in [-0.3, -0.25) is 14.4 Å². The first-order valence-electron chi connectivity index (χ1n) is 18.8. The van der Waals surface area contributed by atoms with E-state index in [1.165, 1.54) is 7.11 Å². The number of carbonyl (C=O) groups is 4. The first-order valence-corrected chi connectivity index (χ1v) is 18.8. The van der Waals surface area contributed by atoms with Gasteiger partial charge in [-0.15, -0.1) is 0 Å². The minimum Gasteiger partial charge on any atom is -0.453 e. The van der Waals surface area contributed by atoms with Gasteiger partial charge in [0, 0.05) is 23.9 Å². The Bertz CT molecular complexity index is 2550. The Labute approximate surface area is 323 Å². The molecule has 5 aromatic carbocycles. The van der Waals surface area contributed by atoms with E-state index in [1.54, 1.807) is 9.80 Å². The fourth-order valence-corrected chi connectivity index (χ4v) is 7.21. The van der Waals surface area contributed by atoms with Crippen LogP contribution in [0.5, 0.6) is 0 Å². The van der Waals surface area contributed by atoms with Crippen LogP contribution < -0.4 is 10.6 Å². The molecule has 0 aliphatic carbocycles. The van der Waals surface area contributed by atoms with Crippen LogP contribution in [-0.2, 0) is 32.2 Å². The van der Waals surface area contributed by atoms with E-state index in [1.807, 2.05) is 56.3 Å². The van der Waals surface area contributed by atoms with Crippen LogP contribution in [0, 0.1) is 0 Å². The Balaban J connectivity index is 1.12. The smallest absolute Gasteiger partial charge is 0.407 e. The van der Waals surface area contributed by atoms with Crippen molar-refractivity contribution >= 4 is 67.9 Å². The Morgan fingerprint density at radius 1 is 0.750 bits per heavy atom. The molecule has 2 aromatic heterocycles. The van der Waals surface area contributed by atoms with E-state index in [9.17, 15) is 19.2 Å². The minimum absolute atomic E-state index is 0.154. The average Bonchev–Trinajstić information content (AvgIpc) is 3.85. The molecule has 286 valence electrons. The summed E-state index contributed by atoms with van der Waals surface area (Å²) >= 11 is 0. The van der Waals surface area contributed by atoms with Crippen molar-refractivity contribution in [1.29, 1.82) is 0 Å². The molecule has 0 saturated heterocycles. The number of benzene rings is 5. The van der Waals surface area contributed by atoms with Crippen LogP contribution in [0.2, 0.25) is 0 Å². The van der Waals surface area contributed by atoms with Crippen LogP contribution >= 0.6 is 0 Å². The molecule has 0 unspecified atom stereocenters. The second-order valence-corrected chi connectivity index (χ2v) is 13.7. The summed E-state index contributed by atoms with van der Waals surface area (Å²) in [4.78, 5) is 69.6. The average molecular weight is 753 g/mol. The van der Waals surface area contributed by atoms with Crippen LogP contribution in [0.15, 0.2) is 91.0 Å². The zero-order valence-electron chi connectivity index (χ0n) is 31.6. The molecule has 0 saturated carbocycles. The number of ether oxygens (including phenoxy) is 1. The Hall–Kier alpha value is -6.76. The van der Waals surface area contributed by atoms with Crippen LogP contribution in [-0.4, -0.2) is 80.8 Å². The number of nitrogens with zero attached hydrogens (tertiary/aromatic N) is 4. The van der Waals surface area contributed by atoms with Gasteiger partial charge < -0.3 is 35.1 Å². The zero-order chi connectivity index (χ0) is 39.2. The number of rotatable bonds is 15. The molecular formula is C43H44N8O5. The molecule has 0 radical (unpaired) electrons. The van der Waals surface area contributed by atoms with Gasteiger partial charge in [0.25, 0.3) is 0 Å². The number of nitrogens with one attached hydrogen (secondary N) is 4. The molecule has 2 heterocycles. The van der Waals surface area contributed by atoms with E-state index in [2.05, 4.69) is 73.9 Å². The highest BCUT2D eigenvalue weighted by molar-refractivity contribution is 6.07. The maximum absolute atomic E-state index is 13.7. The number of aromatic nitrogens is 4. The molecule has 56 heavy (non-hydrogen) atoms. The molecule has 0 aliphatic rings. The van der Waals surface area contributed by atoms with Crippen LogP contribution in [0.1, 0.15) is 49.9 Å². The highest BCUT2D eigenvalue weighted by Gasteiger charge is 2.26. The van der Waals surface area contributed by atoms with Crippen molar-refractivity contribution in [3.63, 3.8) is 0 Å². The quantitative estimate of drug-likeness (QED) is 0.0843. The predicted octanol–water partition coefficient (Wildman–Crippen LogP) is 6.73. The second kappa shape index (κ2) is 16.7. The topological polar surface area (TPSA) is 165 Å². The summed E-state index contributed by atoms with van der Waals surface area (Å²) < 4.78 is 4.59. The molecule has 0 fully saturated rings. The minimum atomic E-state index is -0.787. The molecule has 0 spiro atoms. The molecule has 4 N–H and O–H groups in total. The van der Waals surface area contributed by atoms with E-state index >= 15 is 0 Å². The SMILES string of the molecule is CCCN(Cc1nc2c(ccc3cc(-c4ccc5c(ccc6[nH]c(CN(CCC)C(=O)[C@H](NC=O)c7ccccc7)nc65)c4)ccc32)[nH]1)C(=O)CNC(=O)OC. The predicted molar refractivity (Wildman–Crippen MR) is 216 cm³/mol. The third-order valence-electron chi connectivity index (χ3n) is 9.88. The summed E-state index contributed by atoms with van der Waals surface area (Å²) in [5.74, 6) is 0.915. The molecule has 4 amide bonds. The fourth-order valence-electron chi connectivity index (χ4n) is 7.21. The van der Waals surface area contributed by atoms with E-state index in [-0.39, 0.29) is 31.4 Å². The fraction of sp³-hybridized carbons (Fsp3) is 0.256. The number of methoxy groups -OCH3 is 1. The van der Waals surface area contributed by atoms with Crippen molar-refractivity contribution in [1.82, 2.24) is 40.4 Å². The van der Waals surface area contributed by atoms with Crippen molar-refractivity contribution in [2.24, 2.45) is 0 Å². The zero-order valence-corrected chi connectivity index (χ0v) is 31.6. The maximum atomic E-state index is 13.7. The number of hydrogen-bond acceptors (Lipinski definition) is 7. The van der Waals surface area contributed by atoms with Gasteiger partial charge in [0.05, 0.1) is 42.3 Å². The lowest BCUT2D eigenvalue weighted by Gasteiger charge is -2.26. The lowest BCUT2D eigenvalue weighted by atomic mass is 9.98. The van der Waals surface area contributed by atoms with Gasteiger partial charge in [-0.05, 0) is 64.6 Å². The van der Waals surface area contributed by atoms with Crippen molar-refractivity contribution in [3.8, 4) is 11.1 Å². The monoisotopic (exact) mass is 752 g/mol. The van der Waals surface area contributed by atoms with Crippen molar-refractivity contribution in [3.05, 3.63) is 108 Å². The van der Waals surface area contributed by atoms with Crippen molar-refractivity contribution in [2.75, 3.05) is 26.7 Å². The molecule has 7 rings (SSSR count). The lowest BCUT2D eigenvalue weighted by molar-refractivity contribution is -0.135. The van der Waals surface area contributed by atoms with Gasteiger partial charge in [0.15, 0.2) is 0 Å². The normalized spacial score (nSPS) is 11.8. The number of amides is 4. The Kier molecular flexibility index (Phi) is 11.2. The summed E-state index contributed by atoms with van der Waals surface area (Å²) in [7, 11) is 1.26. The summed E-state index contributed by atoms with van der Waals surface area (Å²) in [6, 6.07) is 29.3. The molecule has 0 bridgehead atoms. The third kappa shape index (κ3) is 7.88. The van der Waals surface area contributed by atoms with Crippen LogP contribution in [0.3, 0.4) is 0 Å². The molecule has 13 nitrogen and oxygen atoms in total. The van der Waals surface area contributed by atoms with Gasteiger partial charge in [0.2, 0.25) is 18.2 Å². The standard InChI is InChI=1S/C43H44N8O5/c1-4-19-50(38(53)23-44-43(55)56-3)24-36-46-34-17-13-30-21-28(11-15-32(30)40(34)48-36)29-12-16-33-31(22-29)14-18-35-41(33)49-37(47-35)25-51(20-5-2)42(54)39(45-26-52)27-9-7-6-8-10-27/h6-18,21-22,26,39H,4-5,19-20,23-25H2,1-3H3,(H,44,55)(H,45,52)(H,46,48)(H,47,49)/t39-/m1/s1. The number of hydrogen-bond donors (Lipinski definition) is 4. The molecule has 13 heteroatoms. The summed E-state index contributed by atoms with van der Waals surface area (Å²) in [6.07, 6.45) is 1.43. The van der Waals surface area contributed by atoms with E-state index in [0.29, 0.717) is 31.1 Å². The number of carbonyl (C=O) groups excluding carboxylic acids is 4. The van der Waals surface area contributed by atoms with Gasteiger partial charge in [0.1, 0.15) is 24.2 Å². The number of H-pyrrole nitrogens is 2. The first kappa shape index (κ1) is 37.6. The summed E-state index contributed by atoms with van der Waals surface area (Å²) in [5, 5.41) is 9.22. The van der Waals surface area contributed by atoms with Gasteiger partial charge in [-0.1, -0.05) is 80.6 Å². The number of aromatic amines is 2. The largest absolute Gasteiger partial charge is 0.453 e. The first-order chi connectivity index (χ1) is 27.3. The molecule has 0 aliphatic heterocycles. The number of imidazole rings is 2. The van der Waals surface area contributed by atoms with E-state index < -0.39 is 12.1 Å². The van der Waals surface area contributed by atoms with Gasteiger partial charge >= 0.3 is 6.09 Å². The van der Waals surface area contributed by atoms with Crippen LogP contribution in [0.4, 0.5) is 4.79 Å². The molecular weight excluding hydrogens is 709 g/mol. The van der Waals surface area contributed by atoms with E-state index in [0.717, 1.165) is 73.1 Å². The summed E-state index contributed by atoms with van der Waals surface area (Å²) in [6.45, 7) is 5.45. The van der Waals surface area contributed by atoms with Crippen LogP contribution in [0.25, 0.3) is 54.7 Å². The van der Waals surface area contributed by atoms with Gasteiger partial charge in [-0.25, -0.2) is 14.8 Å². The van der Waals surface area contributed by atoms with Gasteiger partial charge in [-0.2, -0.15) is 0 Å². The van der Waals surface area contributed by atoms with E-state index in [4.69, 9.17) is 9.97 Å². The number of fused-ring (bicyclic) bond motifs is 6. The summed E-state index contributed by atoms with van der Waals surface area (Å²) in [5.41, 5.74) is 6.24. The Morgan fingerprint density at radius 2 is 1.30 bits per heavy atom. The Morgan fingerprint density at radius 3 is 1.84 bits per heavy atom. The second-order valence-electron chi connectivity index (χ2n) is 13.7. The van der Waals surface area contributed by atoms with Crippen molar-refractivity contribution in [2.45, 2.75) is 45.8 Å². The third-order valence-corrected chi connectivity index (χ3v) is 9.88. The lowest BCUT2D eigenvalue weighted by Crippen LogP contribution is -2.40. The molecule has 7 aromatic rings.